The summed E-state index contributed by atoms with van der Waals surface area (Å²) in [5.41, 5.74) is 0. The Labute approximate surface area is 90.5 Å². The Kier molecular flexibility index (Phi) is 3.24. The lowest BCUT2D eigenvalue weighted by molar-refractivity contribution is 0.444. The van der Waals surface area contributed by atoms with Gasteiger partial charge < -0.3 is 5.32 Å². The molecule has 1 atom stereocenters. The summed E-state index contributed by atoms with van der Waals surface area (Å²) in [7, 11) is 0. The van der Waals surface area contributed by atoms with Crippen LogP contribution >= 0.6 is 11.3 Å². The zero-order valence-electron chi connectivity index (χ0n) is 8.99. The Morgan fingerprint density at radius 1 is 1.50 bits per heavy atom. The second kappa shape index (κ2) is 4.45. The fourth-order valence-corrected chi connectivity index (χ4v) is 2.65. The molecule has 0 saturated heterocycles. The third-order valence-corrected chi connectivity index (χ3v) is 3.64. The van der Waals surface area contributed by atoms with Crippen molar-refractivity contribution in [2.45, 2.75) is 32.7 Å². The molecule has 1 aromatic rings. The van der Waals surface area contributed by atoms with E-state index in [1.165, 1.54) is 17.7 Å². The van der Waals surface area contributed by atoms with E-state index >= 15 is 0 Å². The molecule has 0 aliphatic heterocycles. The van der Waals surface area contributed by atoms with Gasteiger partial charge in [-0.1, -0.05) is 19.9 Å². The maximum absolute atomic E-state index is 3.69. The zero-order valence-corrected chi connectivity index (χ0v) is 9.81. The van der Waals surface area contributed by atoms with Gasteiger partial charge in [-0.05, 0) is 42.7 Å². The second-order valence-corrected chi connectivity index (χ2v) is 5.61. The van der Waals surface area contributed by atoms with Crippen molar-refractivity contribution >= 4 is 11.3 Å². The number of hydrogen-bond acceptors (Lipinski definition) is 2. The molecule has 2 heteroatoms. The molecule has 1 fully saturated rings. The van der Waals surface area contributed by atoms with Gasteiger partial charge in [0.2, 0.25) is 0 Å². The monoisotopic (exact) mass is 209 g/mol. The zero-order chi connectivity index (χ0) is 9.97. The lowest BCUT2D eigenvalue weighted by Crippen LogP contribution is -2.26. The highest BCUT2D eigenvalue weighted by Gasteiger charge is 2.32. The molecule has 1 nitrogen and oxygen atoms in total. The minimum absolute atomic E-state index is 0.636. The number of rotatable bonds is 5. The molecule has 1 aliphatic rings. The smallest absolute Gasteiger partial charge is 0.0443 e. The van der Waals surface area contributed by atoms with Gasteiger partial charge in [0.1, 0.15) is 0 Å². The molecule has 0 aromatic carbocycles. The maximum Gasteiger partial charge on any atom is 0.0443 e. The Hall–Kier alpha value is -0.340. The van der Waals surface area contributed by atoms with Gasteiger partial charge in [0.05, 0.1) is 0 Å². The number of hydrogen-bond donors (Lipinski definition) is 1. The van der Waals surface area contributed by atoms with Crippen molar-refractivity contribution in [1.29, 1.82) is 0 Å². The summed E-state index contributed by atoms with van der Waals surface area (Å²) in [5, 5.41) is 5.88. The van der Waals surface area contributed by atoms with Gasteiger partial charge in [-0.15, -0.1) is 11.3 Å². The van der Waals surface area contributed by atoms with Crippen LogP contribution in [0, 0.1) is 11.8 Å². The molecule has 1 unspecified atom stereocenters. The fraction of sp³-hybridized carbons (Fsp3) is 0.667. The minimum Gasteiger partial charge on any atom is -0.309 e. The molecule has 1 aliphatic carbocycles. The van der Waals surface area contributed by atoms with Gasteiger partial charge in [-0.25, -0.2) is 0 Å². The van der Waals surface area contributed by atoms with Gasteiger partial charge in [-0.2, -0.15) is 0 Å². The molecule has 0 bridgehead atoms. The summed E-state index contributed by atoms with van der Waals surface area (Å²) in [6.45, 7) is 5.68. The van der Waals surface area contributed by atoms with Crippen LogP contribution in [0.25, 0.3) is 0 Å². The molecule has 0 amide bonds. The molecule has 78 valence electrons. The average molecular weight is 209 g/mol. The predicted octanol–water partition coefficient (Wildman–Crippen LogP) is 3.44. The second-order valence-electron chi connectivity index (χ2n) is 4.63. The molecular formula is C12H19NS. The summed E-state index contributed by atoms with van der Waals surface area (Å²) in [4.78, 5) is 1.52. The van der Waals surface area contributed by atoms with Crippen LogP contribution in [0.2, 0.25) is 0 Å². The van der Waals surface area contributed by atoms with Gasteiger partial charge in [0.15, 0.2) is 0 Å². The van der Waals surface area contributed by atoms with Crippen LogP contribution in [0.3, 0.4) is 0 Å². The van der Waals surface area contributed by atoms with Crippen molar-refractivity contribution in [2.75, 3.05) is 6.54 Å². The van der Waals surface area contributed by atoms with Crippen molar-refractivity contribution in [3.63, 3.8) is 0 Å². The average Bonchev–Trinajstić information content (AvgIpc) is 2.81. The van der Waals surface area contributed by atoms with E-state index in [-0.39, 0.29) is 0 Å². The van der Waals surface area contributed by atoms with Crippen molar-refractivity contribution in [1.82, 2.24) is 5.32 Å². The standard InChI is InChI=1S/C12H19NS/c1-9(2)8-13-12(10-5-6-10)11-4-3-7-14-11/h3-4,7,9-10,12-13H,5-6,8H2,1-2H3. The summed E-state index contributed by atoms with van der Waals surface area (Å²) in [5.74, 6) is 1.66. The van der Waals surface area contributed by atoms with E-state index in [1.807, 2.05) is 11.3 Å². The highest BCUT2D eigenvalue weighted by Crippen LogP contribution is 2.42. The first kappa shape index (κ1) is 10.2. The summed E-state index contributed by atoms with van der Waals surface area (Å²) >= 11 is 1.89. The Morgan fingerprint density at radius 2 is 2.29 bits per heavy atom. The third-order valence-electron chi connectivity index (χ3n) is 2.69. The van der Waals surface area contributed by atoms with Crippen molar-refractivity contribution in [3.05, 3.63) is 22.4 Å². The van der Waals surface area contributed by atoms with E-state index in [0.29, 0.717) is 6.04 Å². The Morgan fingerprint density at radius 3 is 2.79 bits per heavy atom. The summed E-state index contributed by atoms with van der Waals surface area (Å²) < 4.78 is 0. The highest BCUT2D eigenvalue weighted by molar-refractivity contribution is 7.10. The fourth-order valence-electron chi connectivity index (χ4n) is 1.76. The van der Waals surface area contributed by atoms with E-state index in [1.54, 1.807) is 0 Å². The molecule has 1 heterocycles. The van der Waals surface area contributed by atoms with Gasteiger partial charge in [0, 0.05) is 10.9 Å². The van der Waals surface area contributed by atoms with Crippen LogP contribution in [-0.4, -0.2) is 6.54 Å². The van der Waals surface area contributed by atoms with Crippen LogP contribution in [-0.2, 0) is 0 Å². The topological polar surface area (TPSA) is 12.0 Å². The molecule has 1 saturated carbocycles. The third kappa shape index (κ3) is 2.58. The van der Waals surface area contributed by atoms with Gasteiger partial charge in [0.25, 0.3) is 0 Å². The predicted molar refractivity (Wildman–Crippen MR) is 62.6 cm³/mol. The quantitative estimate of drug-likeness (QED) is 0.783. The van der Waals surface area contributed by atoms with E-state index in [9.17, 15) is 0 Å². The van der Waals surface area contributed by atoms with Crippen molar-refractivity contribution in [2.24, 2.45) is 11.8 Å². The van der Waals surface area contributed by atoms with Crippen LogP contribution in [0.4, 0.5) is 0 Å². The molecule has 2 rings (SSSR count). The Balaban J connectivity index is 1.94. The Bertz CT molecular complexity index is 262. The van der Waals surface area contributed by atoms with Crippen LogP contribution in [0.1, 0.15) is 37.6 Å². The van der Waals surface area contributed by atoms with Crippen LogP contribution in [0.5, 0.6) is 0 Å². The normalized spacial score (nSPS) is 18.8. The number of nitrogens with one attached hydrogen (secondary N) is 1. The van der Waals surface area contributed by atoms with E-state index in [0.717, 1.165) is 18.4 Å². The molecular weight excluding hydrogens is 190 g/mol. The van der Waals surface area contributed by atoms with Crippen molar-refractivity contribution < 1.29 is 0 Å². The lowest BCUT2D eigenvalue weighted by Gasteiger charge is -2.18. The number of thiophene rings is 1. The van der Waals surface area contributed by atoms with Gasteiger partial charge in [-0.3, -0.25) is 0 Å². The highest BCUT2D eigenvalue weighted by atomic mass is 32.1. The van der Waals surface area contributed by atoms with E-state index < -0.39 is 0 Å². The summed E-state index contributed by atoms with van der Waals surface area (Å²) in [6, 6.07) is 5.06. The van der Waals surface area contributed by atoms with Crippen LogP contribution in [0.15, 0.2) is 17.5 Å². The minimum atomic E-state index is 0.636. The van der Waals surface area contributed by atoms with E-state index in [2.05, 4.69) is 36.7 Å². The first-order valence-electron chi connectivity index (χ1n) is 5.54. The largest absolute Gasteiger partial charge is 0.309 e. The molecule has 1 aromatic heterocycles. The lowest BCUT2D eigenvalue weighted by atomic mass is 10.1. The molecule has 0 radical (unpaired) electrons. The first-order chi connectivity index (χ1) is 6.77. The first-order valence-corrected chi connectivity index (χ1v) is 6.42. The van der Waals surface area contributed by atoms with E-state index in [4.69, 9.17) is 0 Å². The SMILES string of the molecule is CC(C)CNC(c1cccs1)C1CC1. The van der Waals surface area contributed by atoms with Gasteiger partial charge >= 0.3 is 0 Å². The van der Waals surface area contributed by atoms with Crippen molar-refractivity contribution in [3.8, 4) is 0 Å². The molecule has 1 N–H and O–H groups in total. The maximum atomic E-state index is 3.69. The van der Waals surface area contributed by atoms with Crippen LogP contribution < -0.4 is 5.32 Å². The molecule has 0 spiro atoms. The summed E-state index contributed by atoms with van der Waals surface area (Å²) in [6.07, 6.45) is 2.82. The molecule has 14 heavy (non-hydrogen) atoms.